The van der Waals surface area contributed by atoms with E-state index < -0.39 is 0 Å². The van der Waals surface area contributed by atoms with Crippen molar-refractivity contribution in [3.05, 3.63) is 57.2 Å². The third kappa shape index (κ3) is 5.59. The van der Waals surface area contributed by atoms with Crippen molar-refractivity contribution in [1.29, 1.82) is 0 Å². The summed E-state index contributed by atoms with van der Waals surface area (Å²) in [6.07, 6.45) is 3.78. The molecule has 1 aromatic carbocycles. The van der Waals surface area contributed by atoms with Gasteiger partial charge in [-0.2, -0.15) is 11.3 Å². The van der Waals surface area contributed by atoms with Gasteiger partial charge in [0.15, 0.2) is 0 Å². The van der Waals surface area contributed by atoms with Gasteiger partial charge in [-0.1, -0.05) is 23.7 Å². The number of rotatable bonds is 7. The Labute approximate surface area is 155 Å². The second-order valence-electron chi connectivity index (χ2n) is 6.99. The highest BCUT2D eigenvalue weighted by Gasteiger charge is 2.20. The molecular formula is C20H27ClN2S. The highest BCUT2D eigenvalue weighted by molar-refractivity contribution is 7.07. The summed E-state index contributed by atoms with van der Waals surface area (Å²) >= 11 is 7.74. The Morgan fingerprint density at radius 2 is 1.88 bits per heavy atom. The third-order valence-electron chi connectivity index (χ3n) is 4.94. The number of piperidine rings is 1. The van der Waals surface area contributed by atoms with Crippen LogP contribution in [0, 0.1) is 5.92 Å². The highest BCUT2D eigenvalue weighted by atomic mass is 35.5. The van der Waals surface area contributed by atoms with Crippen molar-refractivity contribution in [2.24, 2.45) is 5.92 Å². The number of thiophene rings is 1. The van der Waals surface area contributed by atoms with Gasteiger partial charge in [-0.05, 0) is 85.4 Å². The standard InChI is InChI=1S/C20H27ClN2S/c1-22(15-19-9-13-24-16-19)14-18-7-11-23(12-8-18)10-6-17-2-4-20(21)5-3-17/h2-5,9,13,16,18H,6-8,10-12,14-15H2,1H3. The van der Waals surface area contributed by atoms with E-state index in [9.17, 15) is 0 Å². The minimum Gasteiger partial charge on any atom is -0.303 e. The molecule has 0 unspecified atom stereocenters. The first-order valence-corrected chi connectivity index (χ1v) is 10.2. The molecule has 0 amide bonds. The molecule has 2 heterocycles. The van der Waals surface area contributed by atoms with Gasteiger partial charge >= 0.3 is 0 Å². The van der Waals surface area contributed by atoms with Gasteiger partial charge in [-0.15, -0.1) is 0 Å². The predicted octanol–water partition coefficient (Wildman–Crippen LogP) is 4.79. The van der Waals surface area contributed by atoms with Crippen molar-refractivity contribution < 1.29 is 0 Å². The van der Waals surface area contributed by atoms with E-state index in [4.69, 9.17) is 11.6 Å². The maximum absolute atomic E-state index is 5.95. The summed E-state index contributed by atoms with van der Waals surface area (Å²) in [4.78, 5) is 5.10. The molecule has 0 N–H and O–H groups in total. The van der Waals surface area contributed by atoms with Crippen LogP contribution in [0.1, 0.15) is 24.0 Å². The number of benzene rings is 1. The zero-order valence-electron chi connectivity index (χ0n) is 14.5. The fourth-order valence-corrected chi connectivity index (χ4v) is 4.32. The molecule has 4 heteroatoms. The first kappa shape index (κ1) is 17.9. The molecule has 0 atom stereocenters. The number of halogens is 1. The maximum Gasteiger partial charge on any atom is 0.0406 e. The lowest BCUT2D eigenvalue weighted by molar-refractivity contribution is 0.153. The quantitative estimate of drug-likeness (QED) is 0.698. The van der Waals surface area contributed by atoms with Crippen LogP contribution < -0.4 is 0 Å². The molecular weight excluding hydrogens is 336 g/mol. The summed E-state index contributed by atoms with van der Waals surface area (Å²) in [6.45, 7) is 5.95. The third-order valence-corrected chi connectivity index (χ3v) is 5.92. The van der Waals surface area contributed by atoms with Gasteiger partial charge in [-0.3, -0.25) is 0 Å². The Balaban J connectivity index is 1.35. The molecule has 0 bridgehead atoms. The van der Waals surface area contributed by atoms with Crippen molar-refractivity contribution in [2.45, 2.75) is 25.8 Å². The maximum atomic E-state index is 5.95. The van der Waals surface area contributed by atoms with Gasteiger partial charge in [0.25, 0.3) is 0 Å². The van der Waals surface area contributed by atoms with Gasteiger partial charge in [0.1, 0.15) is 0 Å². The Bertz CT molecular complexity index is 589. The zero-order chi connectivity index (χ0) is 16.8. The normalized spacial score (nSPS) is 16.8. The Hall–Kier alpha value is -0.870. The molecule has 1 aromatic heterocycles. The Morgan fingerprint density at radius 1 is 1.12 bits per heavy atom. The average molecular weight is 363 g/mol. The molecule has 0 spiro atoms. The van der Waals surface area contributed by atoms with Crippen molar-refractivity contribution in [1.82, 2.24) is 9.80 Å². The minimum absolute atomic E-state index is 0.825. The Morgan fingerprint density at radius 3 is 2.54 bits per heavy atom. The number of hydrogen-bond donors (Lipinski definition) is 0. The molecule has 3 rings (SSSR count). The van der Waals surface area contributed by atoms with E-state index in [1.54, 1.807) is 11.3 Å². The second-order valence-corrected chi connectivity index (χ2v) is 8.21. The van der Waals surface area contributed by atoms with E-state index in [0.29, 0.717) is 0 Å². The largest absolute Gasteiger partial charge is 0.303 e. The molecule has 130 valence electrons. The fraction of sp³-hybridized carbons (Fsp3) is 0.500. The summed E-state index contributed by atoms with van der Waals surface area (Å²) in [5.74, 6) is 0.848. The first-order valence-electron chi connectivity index (χ1n) is 8.85. The summed E-state index contributed by atoms with van der Waals surface area (Å²) in [5, 5.41) is 5.25. The molecule has 24 heavy (non-hydrogen) atoms. The van der Waals surface area contributed by atoms with E-state index in [-0.39, 0.29) is 0 Å². The van der Waals surface area contributed by atoms with Crippen molar-refractivity contribution in [3.63, 3.8) is 0 Å². The number of nitrogens with zero attached hydrogens (tertiary/aromatic N) is 2. The number of hydrogen-bond acceptors (Lipinski definition) is 3. The van der Waals surface area contributed by atoms with Gasteiger partial charge in [0, 0.05) is 24.7 Å². The van der Waals surface area contributed by atoms with Crippen molar-refractivity contribution in [2.75, 3.05) is 33.2 Å². The lowest BCUT2D eigenvalue weighted by atomic mass is 9.96. The van der Waals surface area contributed by atoms with Crippen LogP contribution in [-0.4, -0.2) is 43.0 Å². The summed E-state index contributed by atoms with van der Waals surface area (Å²) in [6, 6.07) is 10.5. The molecule has 0 radical (unpaired) electrons. The predicted molar refractivity (Wildman–Crippen MR) is 105 cm³/mol. The van der Waals surface area contributed by atoms with Gasteiger partial charge in [0.2, 0.25) is 0 Å². The second kappa shape index (κ2) is 9.00. The van der Waals surface area contributed by atoms with Crippen LogP contribution in [0.2, 0.25) is 5.02 Å². The minimum atomic E-state index is 0.825. The van der Waals surface area contributed by atoms with Crippen LogP contribution in [0.25, 0.3) is 0 Å². The summed E-state index contributed by atoms with van der Waals surface area (Å²) < 4.78 is 0. The smallest absolute Gasteiger partial charge is 0.0406 e. The monoisotopic (exact) mass is 362 g/mol. The van der Waals surface area contributed by atoms with Crippen LogP contribution in [-0.2, 0) is 13.0 Å². The molecule has 2 aromatic rings. The molecule has 1 saturated heterocycles. The van der Waals surface area contributed by atoms with E-state index in [1.807, 2.05) is 12.1 Å². The molecule has 2 nitrogen and oxygen atoms in total. The Kier molecular flexibility index (Phi) is 6.73. The van der Waals surface area contributed by atoms with E-state index in [0.717, 1.165) is 23.9 Å². The topological polar surface area (TPSA) is 6.48 Å². The lowest BCUT2D eigenvalue weighted by Gasteiger charge is -2.34. The first-order chi connectivity index (χ1) is 11.7. The van der Waals surface area contributed by atoms with Gasteiger partial charge in [-0.25, -0.2) is 0 Å². The van der Waals surface area contributed by atoms with Crippen molar-refractivity contribution >= 4 is 22.9 Å². The number of likely N-dealkylation sites (tertiary alicyclic amines) is 1. The summed E-state index contributed by atoms with van der Waals surface area (Å²) in [7, 11) is 2.25. The molecule has 0 saturated carbocycles. The van der Waals surface area contributed by atoms with E-state index >= 15 is 0 Å². The van der Waals surface area contributed by atoms with E-state index in [1.165, 1.54) is 50.1 Å². The molecule has 1 fully saturated rings. The van der Waals surface area contributed by atoms with Gasteiger partial charge in [0.05, 0.1) is 0 Å². The summed E-state index contributed by atoms with van der Waals surface area (Å²) in [5.41, 5.74) is 2.83. The van der Waals surface area contributed by atoms with Crippen LogP contribution >= 0.6 is 22.9 Å². The van der Waals surface area contributed by atoms with Crippen LogP contribution in [0.4, 0.5) is 0 Å². The average Bonchev–Trinajstić information content (AvgIpc) is 3.08. The SMILES string of the molecule is CN(Cc1ccsc1)CC1CCN(CCc2ccc(Cl)cc2)CC1. The molecule has 1 aliphatic heterocycles. The highest BCUT2D eigenvalue weighted by Crippen LogP contribution is 2.20. The zero-order valence-corrected chi connectivity index (χ0v) is 16.0. The van der Waals surface area contributed by atoms with Crippen LogP contribution in [0.3, 0.4) is 0 Å². The van der Waals surface area contributed by atoms with Gasteiger partial charge < -0.3 is 9.80 Å². The van der Waals surface area contributed by atoms with E-state index in [2.05, 4.69) is 45.8 Å². The van der Waals surface area contributed by atoms with Crippen LogP contribution in [0.15, 0.2) is 41.1 Å². The molecule has 1 aliphatic rings. The lowest BCUT2D eigenvalue weighted by Crippen LogP contribution is -2.38. The fourth-order valence-electron chi connectivity index (χ4n) is 3.53. The molecule has 0 aliphatic carbocycles. The van der Waals surface area contributed by atoms with Crippen LogP contribution in [0.5, 0.6) is 0 Å². The van der Waals surface area contributed by atoms with Crippen molar-refractivity contribution in [3.8, 4) is 0 Å².